The van der Waals surface area contributed by atoms with Gasteiger partial charge in [-0.2, -0.15) is 0 Å². The van der Waals surface area contributed by atoms with E-state index in [4.69, 9.17) is 4.74 Å². The summed E-state index contributed by atoms with van der Waals surface area (Å²) in [7, 11) is 1.55. The van der Waals surface area contributed by atoms with Crippen molar-refractivity contribution in [3.8, 4) is 0 Å². The van der Waals surface area contributed by atoms with Crippen molar-refractivity contribution in [3.63, 3.8) is 0 Å². The molecule has 6 nitrogen and oxygen atoms in total. The number of hydrogen-bond donors (Lipinski definition) is 3. The van der Waals surface area contributed by atoms with Crippen LogP contribution in [-0.4, -0.2) is 42.4 Å². The highest BCUT2D eigenvalue weighted by Gasteiger charge is 2.43. The minimum atomic E-state index is -1.13. The van der Waals surface area contributed by atoms with E-state index in [-0.39, 0.29) is 6.04 Å². The fourth-order valence-electron chi connectivity index (χ4n) is 2.68. The number of carbonyl (C=O) groups excluding carboxylic acids is 1. The number of carbonyl (C=O) groups is 2. The number of ether oxygens (including phenoxy) is 1. The summed E-state index contributed by atoms with van der Waals surface area (Å²) < 4.78 is 4.93. The summed E-state index contributed by atoms with van der Waals surface area (Å²) in [6.07, 6.45) is 2.80. The maximum Gasteiger partial charge on any atom is 0.329 e. The van der Waals surface area contributed by atoms with Crippen molar-refractivity contribution in [1.82, 2.24) is 10.6 Å². The number of methoxy groups -OCH3 is 1. The van der Waals surface area contributed by atoms with E-state index in [2.05, 4.69) is 10.6 Å². The zero-order valence-corrected chi connectivity index (χ0v) is 11.9. The van der Waals surface area contributed by atoms with Crippen LogP contribution in [0.4, 0.5) is 4.79 Å². The number of nitrogens with one attached hydrogen (secondary N) is 2. The first-order valence-electron chi connectivity index (χ1n) is 6.70. The lowest BCUT2D eigenvalue weighted by molar-refractivity contribution is -0.146. The van der Waals surface area contributed by atoms with Gasteiger partial charge in [-0.05, 0) is 25.7 Å². The van der Waals surface area contributed by atoms with E-state index in [1.807, 2.05) is 6.92 Å². The molecule has 3 atom stereocenters. The predicted octanol–water partition coefficient (Wildman–Crippen LogP) is 1.35. The van der Waals surface area contributed by atoms with Gasteiger partial charge in [0.05, 0.1) is 12.6 Å². The third kappa shape index (κ3) is 4.38. The molecule has 0 bridgehead atoms. The second-order valence-corrected chi connectivity index (χ2v) is 5.54. The third-order valence-electron chi connectivity index (χ3n) is 3.55. The van der Waals surface area contributed by atoms with Crippen LogP contribution in [0.1, 0.15) is 39.5 Å². The Labute approximate surface area is 113 Å². The van der Waals surface area contributed by atoms with Gasteiger partial charge in [-0.25, -0.2) is 9.59 Å². The number of rotatable bonds is 5. The minimum Gasteiger partial charge on any atom is -0.480 e. The largest absolute Gasteiger partial charge is 0.480 e. The molecule has 110 valence electrons. The van der Waals surface area contributed by atoms with E-state index >= 15 is 0 Å². The Bertz CT molecular complexity index is 335. The Kier molecular flexibility index (Phi) is 5.60. The maximum atomic E-state index is 11.9. The molecule has 6 heteroatoms. The van der Waals surface area contributed by atoms with E-state index < -0.39 is 17.5 Å². The van der Waals surface area contributed by atoms with Gasteiger partial charge in [0.15, 0.2) is 0 Å². The number of hydrogen-bond acceptors (Lipinski definition) is 3. The lowest BCUT2D eigenvalue weighted by atomic mass is 9.76. The molecular weight excluding hydrogens is 248 g/mol. The van der Waals surface area contributed by atoms with E-state index in [0.717, 1.165) is 12.8 Å². The Morgan fingerprint density at radius 1 is 1.53 bits per heavy atom. The minimum absolute atomic E-state index is 0.156. The molecule has 1 aliphatic rings. The van der Waals surface area contributed by atoms with Crippen molar-refractivity contribution >= 4 is 12.0 Å². The molecule has 1 saturated carbocycles. The molecular formula is C13H24N2O4. The van der Waals surface area contributed by atoms with Gasteiger partial charge in [0.1, 0.15) is 5.54 Å². The van der Waals surface area contributed by atoms with Gasteiger partial charge in [-0.15, -0.1) is 0 Å². The smallest absolute Gasteiger partial charge is 0.329 e. The molecule has 0 spiro atoms. The van der Waals surface area contributed by atoms with Gasteiger partial charge in [0.25, 0.3) is 0 Å². The highest BCUT2D eigenvalue weighted by molar-refractivity contribution is 5.86. The standard InChI is InChI=1S/C13H24N2O4/c1-9-5-4-6-13(7-9,11(16)17)15-12(18)14-10(2)8-19-3/h9-10H,4-8H2,1-3H3,(H,16,17)(H2,14,15,18). The van der Waals surface area contributed by atoms with Crippen LogP contribution in [0.25, 0.3) is 0 Å². The maximum absolute atomic E-state index is 11.9. The number of urea groups is 1. The lowest BCUT2D eigenvalue weighted by Gasteiger charge is -2.37. The SMILES string of the molecule is COCC(C)NC(=O)NC1(C(=O)O)CCCC(C)C1. The number of carboxylic acid groups (broad SMARTS) is 1. The molecule has 3 N–H and O–H groups in total. The molecule has 0 aliphatic heterocycles. The van der Waals surface area contributed by atoms with Crippen molar-refractivity contribution in [3.05, 3.63) is 0 Å². The Morgan fingerprint density at radius 2 is 2.21 bits per heavy atom. The molecule has 1 fully saturated rings. The van der Waals surface area contributed by atoms with Crippen LogP contribution in [0.2, 0.25) is 0 Å². The van der Waals surface area contributed by atoms with Crippen molar-refractivity contribution in [2.24, 2.45) is 5.92 Å². The van der Waals surface area contributed by atoms with E-state index in [0.29, 0.717) is 25.4 Å². The number of carboxylic acids is 1. The van der Waals surface area contributed by atoms with Gasteiger partial charge in [0.2, 0.25) is 0 Å². The molecule has 0 saturated heterocycles. The van der Waals surface area contributed by atoms with Crippen LogP contribution < -0.4 is 10.6 Å². The van der Waals surface area contributed by atoms with Gasteiger partial charge in [-0.1, -0.05) is 19.8 Å². The van der Waals surface area contributed by atoms with Gasteiger partial charge < -0.3 is 20.5 Å². The Balaban J connectivity index is 2.63. The molecule has 0 radical (unpaired) electrons. The van der Waals surface area contributed by atoms with Crippen molar-refractivity contribution in [1.29, 1.82) is 0 Å². The fraction of sp³-hybridized carbons (Fsp3) is 0.846. The van der Waals surface area contributed by atoms with E-state index in [9.17, 15) is 14.7 Å². The van der Waals surface area contributed by atoms with Crippen molar-refractivity contribution in [2.75, 3.05) is 13.7 Å². The van der Waals surface area contributed by atoms with Crippen LogP contribution in [0, 0.1) is 5.92 Å². The molecule has 19 heavy (non-hydrogen) atoms. The normalized spacial score (nSPS) is 28.5. The van der Waals surface area contributed by atoms with Gasteiger partial charge >= 0.3 is 12.0 Å². The Morgan fingerprint density at radius 3 is 2.74 bits per heavy atom. The van der Waals surface area contributed by atoms with Crippen LogP contribution >= 0.6 is 0 Å². The molecule has 3 unspecified atom stereocenters. The second kappa shape index (κ2) is 6.75. The highest BCUT2D eigenvalue weighted by Crippen LogP contribution is 2.32. The summed E-state index contributed by atoms with van der Waals surface area (Å²) >= 11 is 0. The fourth-order valence-corrected chi connectivity index (χ4v) is 2.68. The molecule has 0 aromatic rings. The van der Waals surface area contributed by atoms with Gasteiger partial charge in [-0.3, -0.25) is 0 Å². The first-order valence-corrected chi connectivity index (χ1v) is 6.70. The molecule has 1 rings (SSSR count). The monoisotopic (exact) mass is 272 g/mol. The van der Waals surface area contributed by atoms with Crippen LogP contribution in [0.3, 0.4) is 0 Å². The summed E-state index contributed by atoms with van der Waals surface area (Å²) in [5.74, 6) is -0.643. The first kappa shape index (κ1) is 15.8. The van der Waals surface area contributed by atoms with Crippen molar-refractivity contribution < 1.29 is 19.4 Å². The first-order chi connectivity index (χ1) is 8.89. The third-order valence-corrected chi connectivity index (χ3v) is 3.55. The molecule has 0 aromatic carbocycles. The lowest BCUT2D eigenvalue weighted by Crippen LogP contribution is -2.60. The molecule has 1 aliphatic carbocycles. The zero-order valence-electron chi connectivity index (χ0n) is 11.9. The number of aliphatic carboxylic acids is 1. The second-order valence-electron chi connectivity index (χ2n) is 5.54. The predicted molar refractivity (Wildman–Crippen MR) is 71.0 cm³/mol. The summed E-state index contributed by atoms with van der Waals surface area (Å²) in [5, 5.41) is 14.8. The van der Waals surface area contributed by atoms with Crippen LogP contribution in [0.5, 0.6) is 0 Å². The molecule has 0 aromatic heterocycles. The summed E-state index contributed by atoms with van der Waals surface area (Å²) in [6.45, 7) is 4.22. The Hall–Kier alpha value is -1.30. The van der Waals surface area contributed by atoms with E-state index in [1.165, 1.54) is 0 Å². The number of amides is 2. The van der Waals surface area contributed by atoms with Crippen LogP contribution in [-0.2, 0) is 9.53 Å². The zero-order chi connectivity index (χ0) is 14.5. The highest BCUT2D eigenvalue weighted by atomic mass is 16.5. The summed E-state index contributed by atoms with van der Waals surface area (Å²) in [4.78, 5) is 23.4. The molecule has 2 amide bonds. The molecule has 0 heterocycles. The average molecular weight is 272 g/mol. The summed E-state index contributed by atoms with van der Waals surface area (Å²) in [6, 6.07) is -0.599. The van der Waals surface area contributed by atoms with E-state index in [1.54, 1.807) is 14.0 Å². The van der Waals surface area contributed by atoms with Gasteiger partial charge in [0, 0.05) is 7.11 Å². The average Bonchev–Trinajstić information content (AvgIpc) is 2.28. The van der Waals surface area contributed by atoms with Crippen molar-refractivity contribution in [2.45, 2.75) is 51.1 Å². The van der Waals surface area contributed by atoms with Crippen LogP contribution in [0.15, 0.2) is 0 Å². The summed E-state index contributed by atoms with van der Waals surface area (Å²) in [5.41, 5.74) is -1.13. The quantitative estimate of drug-likeness (QED) is 0.705. The topological polar surface area (TPSA) is 87.7 Å².